The Kier molecular flexibility index (Phi) is 6.46. The molecule has 1 N–H and O–H groups in total. The van der Waals surface area contributed by atoms with Crippen molar-refractivity contribution in [3.05, 3.63) is 50.0 Å². The van der Waals surface area contributed by atoms with Gasteiger partial charge in [-0.1, -0.05) is 0 Å². The first-order chi connectivity index (χ1) is 14.9. The lowest BCUT2D eigenvalue weighted by Crippen LogP contribution is -2.26. The number of nitrogens with zero attached hydrogens (tertiary/aromatic N) is 5. The highest BCUT2D eigenvalue weighted by Crippen LogP contribution is 2.27. The van der Waals surface area contributed by atoms with Crippen LogP contribution in [0.1, 0.15) is 63.2 Å². The van der Waals surface area contributed by atoms with Crippen molar-refractivity contribution in [1.82, 2.24) is 30.0 Å². The quantitative estimate of drug-likeness (QED) is 0.571. The summed E-state index contributed by atoms with van der Waals surface area (Å²) in [6, 6.07) is 1.94. The zero-order valence-electron chi connectivity index (χ0n) is 18.8. The Morgan fingerprint density at radius 2 is 1.84 bits per heavy atom. The van der Waals surface area contributed by atoms with E-state index in [1.54, 1.807) is 4.68 Å². The number of thiazole rings is 1. The van der Waals surface area contributed by atoms with Crippen molar-refractivity contribution >= 4 is 17.2 Å². The molecule has 4 rings (SSSR count). The normalized spacial score (nSPS) is 13.3. The number of carbonyl (C=O) groups excluding carboxylic acids is 1. The van der Waals surface area contributed by atoms with Crippen molar-refractivity contribution in [3.8, 4) is 5.95 Å². The SMILES string of the molecule is Cc1cc(C)nc(-n2nc(C)c(CC(=O)NCCCc3nc4c(s3)CCCC4)c2C)n1. The molecule has 0 saturated carbocycles. The second-order valence-electron chi connectivity index (χ2n) is 8.33. The van der Waals surface area contributed by atoms with Crippen LogP contribution in [-0.2, 0) is 30.5 Å². The third-order valence-corrected chi connectivity index (χ3v) is 6.94. The fourth-order valence-electron chi connectivity index (χ4n) is 4.13. The molecule has 0 spiro atoms. The van der Waals surface area contributed by atoms with Gasteiger partial charge in [0.15, 0.2) is 0 Å². The molecule has 0 fully saturated rings. The molecule has 3 aromatic heterocycles. The minimum absolute atomic E-state index is 0.0190. The van der Waals surface area contributed by atoms with Gasteiger partial charge in [-0.2, -0.15) is 5.10 Å². The van der Waals surface area contributed by atoms with Gasteiger partial charge >= 0.3 is 0 Å². The summed E-state index contributed by atoms with van der Waals surface area (Å²) in [6.45, 7) is 8.45. The van der Waals surface area contributed by atoms with Crippen molar-refractivity contribution in [2.75, 3.05) is 6.54 Å². The van der Waals surface area contributed by atoms with E-state index < -0.39 is 0 Å². The first-order valence-corrected chi connectivity index (χ1v) is 11.8. The Labute approximate surface area is 187 Å². The molecule has 1 aliphatic rings. The fraction of sp³-hybridized carbons (Fsp3) is 0.522. The van der Waals surface area contributed by atoms with E-state index in [9.17, 15) is 4.79 Å². The number of nitrogens with one attached hydrogen (secondary N) is 1. The fourth-order valence-corrected chi connectivity index (χ4v) is 5.33. The molecule has 0 aromatic carbocycles. The van der Waals surface area contributed by atoms with Crippen LogP contribution in [0.25, 0.3) is 5.95 Å². The van der Waals surface area contributed by atoms with Gasteiger partial charge in [-0.15, -0.1) is 11.3 Å². The van der Waals surface area contributed by atoms with Gasteiger partial charge in [0.2, 0.25) is 5.91 Å². The second-order valence-corrected chi connectivity index (χ2v) is 9.49. The molecular weight excluding hydrogens is 408 g/mol. The maximum Gasteiger partial charge on any atom is 0.251 e. The van der Waals surface area contributed by atoms with Gasteiger partial charge in [-0.05, 0) is 65.9 Å². The molecular formula is C23H30N6OS. The van der Waals surface area contributed by atoms with E-state index in [1.807, 2.05) is 45.1 Å². The summed E-state index contributed by atoms with van der Waals surface area (Å²) in [5.41, 5.74) is 5.79. The zero-order chi connectivity index (χ0) is 22.0. The van der Waals surface area contributed by atoms with Gasteiger partial charge < -0.3 is 5.32 Å². The minimum Gasteiger partial charge on any atom is -0.356 e. The predicted octanol–water partition coefficient (Wildman–Crippen LogP) is 3.52. The Bertz CT molecular complexity index is 1060. The highest BCUT2D eigenvalue weighted by molar-refractivity contribution is 7.11. The zero-order valence-corrected chi connectivity index (χ0v) is 19.6. The predicted molar refractivity (Wildman–Crippen MR) is 122 cm³/mol. The van der Waals surface area contributed by atoms with Crippen LogP contribution in [0.4, 0.5) is 0 Å². The van der Waals surface area contributed by atoms with Gasteiger partial charge in [0.1, 0.15) is 0 Å². The van der Waals surface area contributed by atoms with E-state index in [-0.39, 0.29) is 5.91 Å². The molecule has 3 heterocycles. The second kappa shape index (κ2) is 9.26. The highest BCUT2D eigenvalue weighted by Gasteiger charge is 2.18. The van der Waals surface area contributed by atoms with Crippen molar-refractivity contribution in [2.45, 2.75) is 72.6 Å². The summed E-state index contributed by atoms with van der Waals surface area (Å²) in [7, 11) is 0. The molecule has 1 aliphatic carbocycles. The molecule has 7 nitrogen and oxygen atoms in total. The lowest BCUT2D eigenvalue weighted by Gasteiger charge is -2.07. The van der Waals surface area contributed by atoms with E-state index in [2.05, 4.69) is 20.4 Å². The number of carbonyl (C=O) groups is 1. The number of hydrogen-bond donors (Lipinski definition) is 1. The van der Waals surface area contributed by atoms with Crippen molar-refractivity contribution in [3.63, 3.8) is 0 Å². The van der Waals surface area contributed by atoms with E-state index >= 15 is 0 Å². The molecule has 0 bridgehead atoms. The van der Waals surface area contributed by atoms with E-state index in [0.29, 0.717) is 18.9 Å². The third kappa shape index (κ3) is 5.01. The monoisotopic (exact) mass is 438 g/mol. The molecule has 3 aromatic rings. The molecule has 0 radical (unpaired) electrons. The Morgan fingerprint density at radius 3 is 2.58 bits per heavy atom. The summed E-state index contributed by atoms with van der Waals surface area (Å²) in [6.07, 6.45) is 7.01. The van der Waals surface area contributed by atoms with E-state index in [4.69, 9.17) is 4.98 Å². The maximum atomic E-state index is 12.5. The molecule has 0 saturated heterocycles. The standard InChI is InChI=1S/C23H30N6OS/c1-14-12-15(2)26-23(25-14)29-17(4)18(16(3)28-29)13-21(30)24-11-7-10-22-27-19-8-5-6-9-20(19)31-22/h12H,5-11,13H2,1-4H3,(H,24,30). The van der Waals surface area contributed by atoms with Crippen LogP contribution in [0, 0.1) is 27.7 Å². The van der Waals surface area contributed by atoms with Crippen LogP contribution in [0.15, 0.2) is 6.07 Å². The molecule has 0 unspecified atom stereocenters. The molecule has 0 aliphatic heterocycles. The summed E-state index contributed by atoms with van der Waals surface area (Å²) in [5, 5.41) is 8.85. The van der Waals surface area contributed by atoms with Crippen LogP contribution < -0.4 is 5.32 Å². The minimum atomic E-state index is 0.0190. The number of aromatic nitrogens is 5. The average Bonchev–Trinajstić information content (AvgIpc) is 3.26. The summed E-state index contributed by atoms with van der Waals surface area (Å²) in [5.74, 6) is 0.571. The number of fused-ring (bicyclic) bond motifs is 1. The van der Waals surface area contributed by atoms with Gasteiger partial charge in [0.05, 0.1) is 22.8 Å². The maximum absolute atomic E-state index is 12.5. The van der Waals surface area contributed by atoms with Gasteiger partial charge in [0.25, 0.3) is 5.95 Å². The van der Waals surface area contributed by atoms with Crippen LogP contribution in [-0.4, -0.2) is 37.2 Å². The van der Waals surface area contributed by atoms with Crippen LogP contribution in [0.5, 0.6) is 0 Å². The van der Waals surface area contributed by atoms with Crippen molar-refractivity contribution in [1.29, 1.82) is 0 Å². The lowest BCUT2D eigenvalue weighted by molar-refractivity contribution is -0.120. The molecule has 164 valence electrons. The number of rotatable bonds is 7. The molecule has 8 heteroatoms. The molecule has 31 heavy (non-hydrogen) atoms. The van der Waals surface area contributed by atoms with Gasteiger partial charge in [-0.25, -0.2) is 19.6 Å². The van der Waals surface area contributed by atoms with Crippen LogP contribution in [0.3, 0.4) is 0 Å². The first-order valence-electron chi connectivity index (χ1n) is 11.0. The first kappa shape index (κ1) is 21.6. The Hall–Kier alpha value is -2.61. The van der Waals surface area contributed by atoms with Crippen molar-refractivity contribution < 1.29 is 4.79 Å². The van der Waals surface area contributed by atoms with Crippen LogP contribution in [0.2, 0.25) is 0 Å². The van der Waals surface area contributed by atoms with Gasteiger partial charge in [-0.3, -0.25) is 4.79 Å². The number of amides is 1. The molecule has 0 atom stereocenters. The van der Waals surface area contributed by atoms with Crippen LogP contribution >= 0.6 is 11.3 Å². The van der Waals surface area contributed by atoms with Gasteiger partial charge in [0, 0.05) is 40.5 Å². The number of hydrogen-bond acceptors (Lipinski definition) is 6. The topological polar surface area (TPSA) is 85.6 Å². The average molecular weight is 439 g/mol. The summed E-state index contributed by atoms with van der Waals surface area (Å²) in [4.78, 5) is 27.8. The highest BCUT2D eigenvalue weighted by atomic mass is 32.1. The Balaban J connectivity index is 1.32. The summed E-state index contributed by atoms with van der Waals surface area (Å²) >= 11 is 1.86. The Morgan fingerprint density at radius 1 is 1.10 bits per heavy atom. The number of aryl methyl sites for hydroxylation is 6. The van der Waals surface area contributed by atoms with Crippen molar-refractivity contribution in [2.24, 2.45) is 0 Å². The van der Waals surface area contributed by atoms with E-state index in [1.165, 1.54) is 34.8 Å². The van der Waals surface area contributed by atoms with E-state index in [0.717, 1.165) is 47.6 Å². The smallest absolute Gasteiger partial charge is 0.251 e. The largest absolute Gasteiger partial charge is 0.356 e. The summed E-state index contributed by atoms with van der Waals surface area (Å²) < 4.78 is 1.74. The third-order valence-electron chi connectivity index (χ3n) is 5.72. The lowest BCUT2D eigenvalue weighted by atomic mass is 10.0. The molecule has 1 amide bonds.